The average Bonchev–Trinajstić information content (AvgIpc) is 3.27. The predicted molar refractivity (Wildman–Crippen MR) is 133 cm³/mol. The van der Waals surface area contributed by atoms with Gasteiger partial charge in [-0.1, -0.05) is 54.6 Å². The Kier molecular flexibility index (Phi) is 7.08. The number of rotatable bonds is 6. The van der Waals surface area contributed by atoms with Crippen LogP contribution in [0.25, 0.3) is 17.2 Å². The van der Waals surface area contributed by atoms with Gasteiger partial charge in [0.2, 0.25) is 34.9 Å². The number of Topliss-reactive ketones (excluding diaryl/α,β-unsaturated/α-hetero) is 1. The normalized spacial score (nSPS) is 14.1. The monoisotopic (exact) mass is 552 g/mol. The van der Waals surface area contributed by atoms with Gasteiger partial charge in [-0.05, 0) is 41.8 Å². The van der Waals surface area contributed by atoms with Crippen molar-refractivity contribution in [1.82, 2.24) is 0 Å². The van der Waals surface area contributed by atoms with Gasteiger partial charge >= 0.3 is 5.97 Å². The smallest absolute Gasteiger partial charge is 0.352 e. The van der Waals surface area contributed by atoms with Crippen LogP contribution in [-0.2, 0) is 4.79 Å². The summed E-state index contributed by atoms with van der Waals surface area (Å²) >= 11 is 0. The molecule has 4 aromatic carbocycles. The van der Waals surface area contributed by atoms with E-state index >= 15 is 0 Å². The van der Waals surface area contributed by atoms with Gasteiger partial charge in [-0.15, -0.1) is 0 Å². The predicted octanol–water partition coefficient (Wildman–Crippen LogP) is 7.04. The Hall–Kier alpha value is -4.99. The van der Waals surface area contributed by atoms with Crippen molar-refractivity contribution >= 4 is 17.8 Å². The molecule has 5 nitrogen and oxygen atoms in total. The fourth-order valence-corrected chi connectivity index (χ4v) is 3.90. The first-order valence-electron chi connectivity index (χ1n) is 11.8. The summed E-state index contributed by atoms with van der Waals surface area (Å²) in [5.41, 5.74) is 2.95. The maximum atomic E-state index is 13.9. The average molecular weight is 552 g/mol. The second kappa shape index (κ2) is 10.6. The second-order valence-electron chi connectivity index (χ2n) is 8.67. The third-order valence-electron chi connectivity index (χ3n) is 5.97. The first-order chi connectivity index (χ1) is 19.1. The molecule has 1 atom stereocenters. The number of ketones is 1. The maximum Gasteiger partial charge on any atom is 0.352 e. The fourth-order valence-electron chi connectivity index (χ4n) is 3.90. The number of ether oxygens (including phenoxy) is 3. The summed E-state index contributed by atoms with van der Waals surface area (Å²) in [5.74, 6) is -14.5. The second-order valence-corrected chi connectivity index (χ2v) is 8.67. The number of halogens is 5. The molecule has 0 amide bonds. The van der Waals surface area contributed by atoms with Crippen LogP contribution in [0.3, 0.4) is 0 Å². The van der Waals surface area contributed by atoms with Crippen molar-refractivity contribution in [2.24, 2.45) is 0 Å². The van der Waals surface area contributed by atoms with E-state index in [0.29, 0.717) is 5.56 Å². The summed E-state index contributed by atoms with van der Waals surface area (Å²) in [5, 5.41) is 0. The highest BCUT2D eigenvalue weighted by Crippen LogP contribution is 2.35. The molecule has 202 valence electrons. The lowest BCUT2D eigenvalue weighted by Gasteiger charge is -2.15. The number of allylic oxidation sites excluding steroid dienone is 1. The van der Waals surface area contributed by atoms with Crippen LogP contribution in [0.5, 0.6) is 17.2 Å². The lowest BCUT2D eigenvalue weighted by Crippen LogP contribution is -2.29. The zero-order chi connectivity index (χ0) is 28.6. The van der Waals surface area contributed by atoms with Crippen LogP contribution in [0.2, 0.25) is 0 Å². The van der Waals surface area contributed by atoms with Gasteiger partial charge < -0.3 is 14.2 Å². The molecule has 0 radical (unpaired) electrons. The van der Waals surface area contributed by atoms with Gasteiger partial charge in [0, 0.05) is 6.07 Å². The van der Waals surface area contributed by atoms with E-state index < -0.39 is 52.7 Å². The van der Waals surface area contributed by atoms with Crippen molar-refractivity contribution in [1.29, 1.82) is 0 Å². The van der Waals surface area contributed by atoms with Gasteiger partial charge in [-0.2, -0.15) is 8.78 Å². The number of fused-ring (bicyclic) bond motifs is 1. The van der Waals surface area contributed by atoms with Gasteiger partial charge in [-0.25, -0.2) is 18.0 Å². The minimum absolute atomic E-state index is 0.0361. The lowest BCUT2D eigenvalue weighted by molar-refractivity contribution is -0.141. The number of esters is 1. The summed E-state index contributed by atoms with van der Waals surface area (Å²) in [6.45, 7) is 0.998. The molecular formula is C30H17F5O5. The summed E-state index contributed by atoms with van der Waals surface area (Å²) in [7, 11) is 0. The minimum atomic E-state index is -2.36. The summed E-state index contributed by atoms with van der Waals surface area (Å²) in [6, 6.07) is 21.1. The molecule has 4 aromatic rings. The number of hydrogen-bond donors (Lipinski definition) is 0. The molecule has 0 fully saturated rings. The molecule has 1 aliphatic heterocycles. The molecule has 0 aliphatic carbocycles. The van der Waals surface area contributed by atoms with E-state index in [4.69, 9.17) is 14.2 Å². The van der Waals surface area contributed by atoms with Crippen LogP contribution in [0.1, 0.15) is 22.8 Å². The van der Waals surface area contributed by atoms with E-state index in [9.17, 15) is 31.5 Å². The van der Waals surface area contributed by atoms with E-state index in [2.05, 4.69) is 0 Å². The Bertz CT molecular complexity index is 1640. The van der Waals surface area contributed by atoms with Crippen molar-refractivity contribution < 1.29 is 45.8 Å². The zero-order valence-electron chi connectivity index (χ0n) is 20.5. The van der Waals surface area contributed by atoms with Crippen LogP contribution >= 0.6 is 0 Å². The molecule has 1 aliphatic rings. The summed E-state index contributed by atoms with van der Waals surface area (Å²) in [4.78, 5) is 25.2. The van der Waals surface area contributed by atoms with Gasteiger partial charge in [0.05, 0.1) is 5.56 Å². The highest BCUT2D eigenvalue weighted by Gasteiger charge is 2.31. The molecule has 0 N–H and O–H groups in total. The Morgan fingerprint density at radius 1 is 0.800 bits per heavy atom. The topological polar surface area (TPSA) is 61.8 Å². The highest BCUT2D eigenvalue weighted by molar-refractivity contribution is 6.14. The van der Waals surface area contributed by atoms with Gasteiger partial charge in [0.25, 0.3) is 0 Å². The zero-order valence-corrected chi connectivity index (χ0v) is 20.5. The highest BCUT2D eigenvalue weighted by atomic mass is 19.2. The summed E-state index contributed by atoms with van der Waals surface area (Å²) in [6.07, 6.45) is -0.207. The molecular weight excluding hydrogens is 535 g/mol. The van der Waals surface area contributed by atoms with Gasteiger partial charge in [-0.3, -0.25) is 4.79 Å². The minimum Gasteiger partial charge on any atom is -0.473 e. The van der Waals surface area contributed by atoms with Crippen LogP contribution < -0.4 is 14.2 Å². The molecule has 0 bridgehead atoms. The standard InChI is InChI=1S/C30H17F5O5/c1-15(38-29-26(34)24(32)23(31)25(33)27(29)35)30(37)39-19-11-12-20-21(14-19)40-22(28(20)36)13-16-7-9-18(10-8-16)17-5-3-2-4-6-17/h2-15H,1H3/b22-13-. The van der Waals surface area contributed by atoms with Crippen molar-refractivity contribution in [3.05, 3.63) is 119 Å². The SMILES string of the molecule is CC(Oc1c(F)c(F)c(F)c(F)c1F)C(=O)Oc1ccc2c(c1)O/C(=C\c1ccc(-c3ccccc3)cc1)C2=O. The Morgan fingerprint density at radius 3 is 2.05 bits per heavy atom. The first kappa shape index (κ1) is 26.6. The third kappa shape index (κ3) is 5.03. The lowest BCUT2D eigenvalue weighted by atomic mass is 10.0. The molecule has 0 saturated heterocycles. The van der Waals surface area contributed by atoms with Crippen LogP contribution in [0.4, 0.5) is 22.0 Å². The van der Waals surface area contributed by atoms with Crippen molar-refractivity contribution in [2.45, 2.75) is 13.0 Å². The fraction of sp³-hybridized carbons (Fsp3) is 0.0667. The Morgan fingerprint density at radius 2 is 1.40 bits per heavy atom. The molecule has 1 unspecified atom stereocenters. The van der Waals surface area contributed by atoms with E-state index in [1.165, 1.54) is 18.2 Å². The largest absolute Gasteiger partial charge is 0.473 e. The van der Waals surface area contributed by atoms with Gasteiger partial charge in [0.15, 0.2) is 17.6 Å². The van der Waals surface area contributed by atoms with Crippen LogP contribution in [0.15, 0.2) is 78.6 Å². The number of carbonyl (C=O) groups excluding carboxylic acids is 2. The van der Waals surface area contributed by atoms with Crippen molar-refractivity contribution in [3.8, 4) is 28.4 Å². The molecule has 0 spiro atoms. The summed E-state index contributed by atoms with van der Waals surface area (Å²) < 4.78 is 83.3. The van der Waals surface area contributed by atoms with Crippen molar-refractivity contribution in [3.63, 3.8) is 0 Å². The first-order valence-corrected chi connectivity index (χ1v) is 11.8. The van der Waals surface area contributed by atoms with E-state index in [1.807, 2.05) is 54.6 Å². The van der Waals surface area contributed by atoms with Crippen molar-refractivity contribution in [2.75, 3.05) is 0 Å². The molecule has 5 rings (SSSR count). The number of benzene rings is 4. The molecule has 10 heteroatoms. The van der Waals surface area contributed by atoms with Gasteiger partial charge in [0.1, 0.15) is 11.5 Å². The molecule has 0 saturated carbocycles. The third-order valence-corrected chi connectivity index (χ3v) is 5.97. The van der Waals surface area contributed by atoms with E-state index in [-0.39, 0.29) is 22.8 Å². The maximum absolute atomic E-state index is 13.9. The van der Waals surface area contributed by atoms with Crippen LogP contribution in [-0.4, -0.2) is 17.9 Å². The molecule has 0 aromatic heterocycles. The number of hydrogen-bond acceptors (Lipinski definition) is 5. The Balaban J connectivity index is 1.28. The van der Waals surface area contributed by atoms with Crippen LogP contribution in [0, 0.1) is 29.1 Å². The quantitative estimate of drug-likeness (QED) is 0.0642. The Labute approximate surface area is 224 Å². The molecule has 1 heterocycles. The number of carbonyl (C=O) groups is 2. The molecule has 40 heavy (non-hydrogen) atoms. The van der Waals surface area contributed by atoms with E-state index in [1.54, 1.807) is 6.08 Å². The van der Waals surface area contributed by atoms with E-state index in [0.717, 1.165) is 18.1 Å².